The third kappa shape index (κ3) is 19.8. The van der Waals surface area contributed by atoms with Crippen molar-refractivity contribution >= 4 is 5.91 Å². The lowest BCUT2D eigenvalue weighted by atomic mass is 10.1. The van der Waals surface area contributed by atoms with E-state index in [1.165, 1.54) is 89.7 Å². The molecule has 1 N–H and O–H groups in total. The minimum atomic E-state index is -0.0691. The number of likely N-dealkylation sites (N-methyl/N-ethyl adjacent to an activating group) is 1. The Kier molecular flexibility index (Phi) is 19.8. The Hall–Kier alpha value is -0.350. The molecule has 0 spiro atoms. The van der Waals surface area contributed by atoms with Gasteiger partial charge in [-0.3, -0.25) is 4.79 Å². The maximum Gasteiger partial charge on any atom is 0.243 e. The maximum atomic E-state index is 11.1. The number of unbranched alkanes of at least 4 members (excludes halogenated alkanes) is 11. The Bertz CT molecular complexity index is 319. The highest BCUT2D eigenvalue weighted by Gasteiger charge is 2.13. The summed E-state index contributed by atoms with van der Waals surface area (Å²) in [7, 11) is 4.50. The summed E-state index contributed by atoms with van der Waals surface area (Å²) in [5.41, 5.74) is 0. The van der Waals surface area contributed by atoms with Crippen LogP contribution < -0.4 is 22.3 Å². The molecule has 0 fully saturated rings. The van der Waals surface area contributed by atoms with E-state index in [0.29, 0.717) is 0 Å². The Morgan fingerprint density at radius 1 is 0.840 bits per heavy atom. The van der Waals surface area contributed by atoms with Crippen molar-refractivity contribution in [2.45, 2.75) is 84.0 Å². The van der Waals surface area contributed by atoms with Crippen LogP contribution >= 0.6 is 0 Å². The normalized spacial score (nSPS) is 11.0. The fourth-order valence-electron chi connectivity index (χ4n) is 3.05. The van der Waals surface area contributed by atoms with Gasteiger partial charge in [0.05, 0.1) is 33.7 Å². The molecule has 0 aliphatic carbocycles. The molecular formula is C21H43BrN2O. The van der Waals surface area contributed by atoms with Crippen LogP contribution in [0.25, 0.3) is 0 Å². The molecule has 1 amide bonds. The smallest absolute Gasteiger partial charge is 0.243 e. The predicted octanol–water partition coefficient (Wildman–Crippen LogP) is 2.07. The van der Waals surface area contributed by atoms with Crippen LogP contribution in [0.3, 0.4) is 0 Å². The molecule has 0 rings (SSSR count). The van der Waals surface area contributed by atoms with Crippen LogP contribution in [-0.2, 0) is 4.79 Å². The van der Waals surface area contributed by atoms with Gasteiger partial charge in [0.25, 0.3) is 0 Å². The standard InChI is InChI=1S/C21H42N2O.BrH/c1-5-7-8-9-10-11-12-13-14-15-16-17-19-23(3,4)20-18-22-21(24)6-2;/h6H,2,5,7-20H2,1,3-4H3;1H. The molecule has 0 atom stereocenters. The van der Waals surface area contributed by atoms with Crippen LogP contribution in [-0.4, -0.2) is 44.1 Å². The molecule has 0 aromatic heterocycles. The van der Waals surface area contributed by atoms with E-state index in [1.807, 2.05) is 0 Å². The minimum absolute atomic E-state index is 0. The molecule has 4 heteroatoms. The largest absolute Gasteiger partial charge is 1.00 e. The lowest BCUT2D eigenvalue weighted by molar-refractivity contribution is -0.889. The lowest BCUT2D eigenvalue weighted by Gasteiger charge is -2.29. The molecule has 150 valence electrons. The second-order valence-electron chi connectivity index (χ2n) is 7.77. The fraction of sp³-hybridized carbons (Fsp3) is 0.857. The van der Waals surface area contributed by atoms with E-state index in [0.717, 1.165) is 17.6 Å². The van der Waals surface area contributed by atoms with Crippen molar-refractivity contribution in [3.63, 3.8) is 0 Å². The van der Waals surface area contributed by atoms with Crippen molar-refractivity contribution in [3.8, 4) is 0 Å². The number of hydrogen-bond donors (Lipinski definition) is 1. The summed E-state index contributed by atoms with van der Waals surface area (Å²) in [6.07, 6.45) is 18.1. The molecule has 0 aromatic rings. The van der Waals surface area contributed by atoms with Gasteiger partial charge >= 0.3 is 0 Å². The highest BCUT2D eigenvalue weighted by atomic mass is 79.9. The highest BCUT2D eigenvalue weighted by Crippen LogP contribution is 2.12. The number of rotatable bonds is 17. The quantitative estimate of drug-likeness (QED) is 0.218. The molecule has 3 nitrogen and oxygen atoms in total. The number of halogens is 1. The van der Waals surface area contributed by atoms with Crippen molar-refractivity contribution < 1.29 is 26.3 Å². The van der Waals surface area contributed by atoms with Gasteiger partial charge < -0.3 is 26.8 Å². The summed E-state index contributed by atoms with van der Waals surface area (Å²) in [5, 5.41) is 2.86. The number of carbonyl (C=O) groups excluding carboxylic acids is 1. The van der Waals surface area contributed by atoms with E-state index in [4.69, 9.17) is 0 Å². The molecule has 0 unspecified atom stereocenters. The summed E-state index contributed by atoms with van der Waals surface area (Å²) < 4.78 is 0.981. The number of quaternary nitrogens is 1. The maximum absolute atomic E-state index is 11.1. The zero-order valence-electron chi connectivity index (χ0n) is 17.1. The van der Waals surface area contributed by atoms with Crippen molar-refractivity contribution in [3.05, 3.63) is 12.7 Å². The summed E-state index contributed by atoms with van der Waals surface area (Å²) in [6, 6.07) is 0. The van der Waals surface area contributed by atoms with Gasteiger partial charge in [0, 0.05) is 0 Å². The molecule has 0 radical (unpaired) electrons. The zero-order valence-corrected chi connectivity index (χ0v) is 18.7. The number of carbonyl (C=O) groups is 1. The van der Waals surface area contributed by atoms with Gasteiger partial charge in [-0.2, -0.15) is 0 Å². The van der Waals surface area contributed by atoms with Crippen LogP contribution in [0, 0.1) is 0 Å². The number of hydrogen-bond acceptors (Lipinski definition) is 1. The van der Waals surface area contributed by atoms with Gasteiger partial charge in [0.1, 0.15) is 0 Å². The highest BCUT2D eigenvalue weighted by molar-refractivity contribution is 5.86. The SMILES string of the molecule is C=CC(=O)NCC[N+](C)(C)CCCCCCCCCCCCCC.[Br-]. The molecule has 0 heterocycles. The summed E-state index contributed by atoms with van der Waals surface area (Å²) in [5.74, 6) is -0.0691. The third-order valence-electron chi connectivity index (χ3n) is 4.82. The second kappa shape index (κ2) is 18.4. The van der Waals surface area contributed by atoms with Crippen LogP contribution in [0.2, 0.25) is 0 Å². The molecule has 0 bridgehead atoms. The Morgan fingerprint density at radius 3 is 1.72 bits per heavy atom. The van der Waals surface area contributed by atoms with Crippen LogP contribution in [0.5, 0.6) is 0 Å². The first-order valence-corrected chi connectivity index (χ1v) is 10.2. The molecular weight excluding hydrogens is 376 g/mol. The predicted molar refractivity (Wildman–Crippen MR) is 106 cm³/mol. The second-order valence-corrected chi connectivity index (χ2v) is 7.77. The molecule has 0 aliphatic heterocycles. The van der Waals surface area contributed by atoms with Gasteiger partial charge in [-0.05, 0) is 18.9 Å². The van der Waals surface area contributed by atoms with Crippen molar-refractivity contribution in [1.29, 1.82) is 0 Å². The third-order valence-corrected chi connectivity index (χ3v) is 4.82. The first-order chi connectivity index (χ1) is 11.5. The Labute approximate surface area is 168 Å². The monoisotopic (exact) mass is 418 g/mol. The lowest BCUT2D eigenvalue weighted by Crippen LogP contribution is -3.00. The summed E-state index contributed by atoms with van der Waals surface area (Å²) >= 11 is 0. The summed E-state index contributed by atoms with van der Waals surface area (Å²) in [4.78, 5) is 11.1. The Balaban J connectivity index is 0. The summed E-state index contributed by atoms with van der Waals surface area (Å²) in [6.45, 7) is 8.66. The number of amides is 1. The van der Waals surface area contributed by atoms with Crippen LogP contribution in [0.15, 0.2) is 12.7 Å². The van der Waals surface area contributed by atoms with Crippen molar-refractivity contribution in [2.24, 2.45) is 0 Å². The topological polar surface area (TPSA) is 29.1 Å². The van der Waals surface area contributed by atoms with E-state index in [1.54, 1.807) is 0 Å². The van der Waals surface area contributed by atoms with Crippen LogP contribution in [0.1, 0.15) is 84.0 Å². The van der Waals surface area contributed by atoms with Crippen molar-refractivity contribution in [1.82, 2.24) is 5.32 Å². The average molecular weight is 419 g/mol. The van der Waals surface area contributed by atoms with E-state index in [2.05, 4.69) is 32.9 Å². The molecule has 25 heavy (non-hydrogen) atoms. The van der Waals surface area contributed by atoms with Gasteiger partial charge in [-0.25, -0.2) is 0 Å². The number of nitrogens with zero attached hydrogens (tertiary/aromatic N) is 1. The molecule has 0 aliphatic rings. The average Bonchev–Trinajstić information content (AvgIpc) is 2.55. The van der Waals surface area contributed by atoms with E-state index < -0.39 is 0 Å². The van der Waals surface area contributed by atoms with Gasteiger partial charge in [-0.1, -0.05) is 77.7 Å². The van der Waals surface area contributed by atoms with Gasteiger partial charge in [-0.15, -0.1) is 0 Å². The fourth-order valence-corrected chi connectivity index (χ4v) is 3.05. The molecule has 0 saturated heterocycles. The van der Waals surface area contributed by atoms with Crippen molar-refractivity contribution in [2.75, 3.05) is 33.7 Å². The zero-order chi connectivity index (χ0) is 18.1. The number of nitrogens with one attached hydrogen (secondary N) is 1. The van der Waals surface area contributed by atoms with Gasteiger partial charge in [0.2, 0.25) is 5.91 Å². The van der Waals surface area contributed by atoms with E-state index in [9.17, 15) is 4.79 Å². The molecule has 0 aromatic carbocycles. The minimum Gasteiger partial charge on any atom is -1.00 e. The van der Waals surface area contributed by atoms with E-state index >= 15 is 0 Å². The van der Waals surface area contributed by atoms with Gasteiger partial charge in [0.15, 0.2) is 0 Å². The van der Waals surface area contributed by atoms with E-state index in [-0.39, 0.29) is 22.9 Å². The van der Waals surface area contributed by atoms with Crippen LogP contribution in [0.4, 0.5) is 0 Å². The Morgan fingerprint density at radius 2 is 1.28 bits per heavy atom. The first-order valence-electron chi connectivity index (χ1n) is 10.2. The molecule has 0 saturated carbocycles. The first kappa shape index (κ1) is 26.9.